The fourth-order valence-corrected chi connectivity index (χ4v) is 4.12. The molecule has 3 rings (SSSR count). The van der Waals surface area contributed by atoms with Crippen molar-refractivity contribution >= 4 is 29.9 Å². The molecular weight excluding hydrogens is 477 g/mol. The third kappa shape index (κ3) is 7.96. The van der Waals surface area contributed by atoms with Crippen LogP contribution in [0.5, 0.6) is 5.75 Å². The van der Waals surface area contributed by atoms with Crippen LogP contribution >= 0.6 is 24.0 Å². The Hall–Kier alpha value is -1.02. The number of aliphatic imine (C=N–C) groups is 1. The SMILES string of the molecule is CCNC(=NCCc1ccc(OC2CCCC2)cc1)N1CCC(OCC)CC1.I. The predicted molar refractivity (Wildman–Crippen MR) is 131 cm³/mol. The Morgan fingerprint density at radius 3 is 2.34 bits per heavy atom. The van der Waals surface area contributed by atoms with Gasteiger partial charge in [-0.05, 0) is 76.5 Å². The Labute approximate surface area is 193 Å². The van der Waals surface area contributed by atoms with Gasteiger partial charge < -0.3 is 19.7 Å². The normalized spacial score (nSPS) is 18.6. The van der Waals surface area contributed by atoms with Gasteiger partial charge in [-0.1, -0.05) is 12.1 Å². The van der Waals surface area contributed by atoms with E-state index in [1.165, 1.54) is 31.2 Å². The van der Waals surface area contributed by atoms with Gasteiger partial charge in [-0.2, -0.15) is 0 Å². The summed E-state index contributed by atoms with van der Waals surface area (Å²) in [5.41, 5.74) is 1.31. The van der Waals surface area contributed by atoms with Crippen LogP contribution in [0.3, 0.4) is 0 Å². The number of nitrogens with zero attached hydrogens (tertiary/aromatic N) is 2. The third-order valence-electron chi connectivity index (χ3n) is 5.67. The summed E-state index contributed by atoms with van der Waals surface area (Å²) >= 11 is 0. The number of guanidine groups is 1. The van der Waals surface area contributed by atoms with E-state index in [4.69, 9.17) is 14.5 Å². The van der Waals surface area contributed by atoms with Gasteiger partial charge >= 0.3 is 0 Å². The highest BCUT2D eigenvalue weighted by Crippen LogP contribution is 2.24. The summed E-state index contributed by atoms with van der Waals surface area (Å²) < 4.78 is 11.8. The molecule has 0 bridgehead atoms. The average Bonchev–Trinajstić information content (AvgIpc) is 3.23. The van der Waals surface area contributed by atoms with Crippen molar-refractivity contribution in [1.82, 2.24) is 10.2 Å². The number of piperidine rings is 1. The van der Waals surface area contributed by atoms with Crippen molar-refractivity contribution in [1.29, 1.82) is 0 Å². The lowest BCUT2D eigenvalue weighted by molar-refractivity contribution is 0.0264. The van der Waals surface area contributed by atoms with E-state index in [-0.39, 0.29) is 24.0 Å². The molecule has 0 amide bonds. The van der Waals surface area contributed by atoms with Crippen LogP contribution in [0.4, 0.5) is 0 Å². The van der Waals surface area contributed by atoms with E-state index in [1.807, 2.05) is 0 Å². The van der Waals surface area contributed by atoms with Crippen LogP contribution in [-0.2, 0) is 11.2 Å². The standard InChI is InChI=1S/C23H37N3O2.HI/c1-3-24-23(26-17-14-20(15-18-26)27-4-2)25-16-13-19-9-11-22(12-10-19)28-21-7-5-6-8-21;/h9-12,20-21H,3-8,13-18H2,1-2H3,(H,24,25);1H. The van der Waals surface area contributed by atoms with Crippen LogP contribution in [0.15, 0.2) is 29.3 Å². The average molecular weight is 515 g/mol. The molecule has 0 atom stereocenters. The van der Waals surface area contributed by atoms with Crippen molar-refractivity contribution in [3.05, 3.63) is 29.8 Å². The molecule has 0 unspecified atom stereocenters. The highest BCUT2D eigenvalue weighted by atomic mass is 127. The van der Waals surface area contributed by atoms with Crippen LogP contribution < -0.4 is 10.1 Å². The van der Waals surface area contributed by atoms with E-state index in [1.54, 1.807) is 0 Å². The van der Waals surface area contributed by atoms with Crippen LogP contribution in [0.2, 0.25) is 0 Å². The summed E-state index contributed by atoms with van der Waals surface area (Å²) in [4.78, 5) is 7.24. The highest BCUT2D eigenvalue weighted by molar-refractivity contribution is 14.0. The first-order valence-corrected chi connectivity index (χ1v) is 11.2. The molecule has 29 heavy (non-hydrogen) atoms. The fourth-order valence-electron chi connectivity index (χ4n) is 4.12. The second kappa shape index (κ2) is 13.3. The molecule has 6 heteroatoms. The Kier molecular flexibility index (Phi) is 11.1. The zero-order valence-corrected chi connectivity index (χ0v) is 20.4. The molecule has 2 fully saturated rings. The number of benzene rings is 1. The summed E-state index contributed by atoms with van der Waals surface area (Å²) in [7, 11) is 0. The predicted octanol–water partition coefficient (Wildman–Crippen LogP) is 4.63. The summed E-state index contributed by atoms with van der Waals surface area (Å²) in [5.74, 6) is 2.04. The molecule has 5 nitrogen and oxygen atoms in total. The molecule has 1 aliphatic heterocycles. The first-order valence-electron chi connectivity index (χ1n) is 11.2. The molecule has 1 aromatic carbocycles. The minimum Gasteiger partial charge on any atom is -0.490 e. The molecule has 0 spiro atoms. The number of hydrogen-bond donors (Lipinski definition) is 1. The Morgan fingerprint density at radius 1 is 1.03 bits per heavy atom. The first-order chi connectivity index (χ1) is 13.8. The van der Waals surface area contributed by atoms with Gasteiger partial charge in [-0.15, -0.1) is 24.0 Å². The molecule has 0 aromatic heterocycles. The van der Waals surface area contributed by atoms with Gasteiger partial charge in [0.15, 0.2) is 5.96 Å². The number of hydrogen-bond acceptors (Lipinski definition) is 3. The molecule has 1 aromatic rings. The number of ether oxygens (including phenoxy) is 2. The first kappa shape index (κ1) is 24.3. The van der Waals surface area contributed by atoms with Gasteiger partial charge in [0.05, 0.1) is 12.2 Å². The van der Waals surface area contributed by atoms with Crippen LogP contribution in [-0.4, -0.2) is 55.9 Å². The Morgan fingerprint density at radius 2 is 1.72 bits per heavy atom. The van der Waals surface area contributed by atoms with E-state index in [0.29, 0.717) is 12.2 Å². The van der Waals surface area contributed by atoms with Crippen molar-refractivity contribution in [2.45, 2.75) is 71.0 Å². The number of rotatable bonds is 8. The fraction of sp³-hybridized carbons (Fsp3) is 0.696. The number of halogens is 1. The van der Waals surface area contributed by atoms with Crippen molar-refractivity contribution < 1.29 is 9.47 Å². The molecule has 164 valence electrons. The second-order valence-corrected chi connectivity index (χ2v) is 7.80. The van der Waals surface area contributed by atoms with E-state index < -0.39 is 0 Å². The molecular formula is C23H38IN3O2. The van der Waals surface area contributed by atoms with Crippen molar-refractivity contribution in [3.63, 3.8) is 0 Å². The van der Waals surface area contributed by atoms with Gasteiger partial charge in [-0.3, -0.25) is 4.99 Å². The van der Waals surface area contributed by atoms with E-state index in [9.17, 15) is 0 Å². The lowest BCUT2D eigenvalue weighted by Crippen LogP contribution is -2.47. The second-order valence-electron chi connectivity index (χ2n) is 7.80. The van der Waals surface area contributed by atoms with Crippen LogP contribution in [0.1, 0.15) is 57.9 Å². The lowest BCUT2D eigenvalue weighted by Gasteiger charge is -2.34. The van der Waals surface area contributed by atoms with Crippen LogP contribution in [0, 0.1) is 0 Å². The topological polar surface area (TPSA) is 46.1 Å². The Balaban J connectivity index is 0.00000300. The largest absolute Gasteiger partial charge is 0.490 e. The van der Waals surface area contributed by atoms with E-state index >= 15 is 0 Å². The quantitative estimate of drug-likeness (QED) is 0.312. The van der Waals surface area contributed by atoms with Gasteiger partial charge in [0.25, 0.3) is 0 Å². The molecule has 1 aliphatic carbocycles. The molecule has 1 saturated heterocycles. The minimum atomic E-state index is 0. The minimum absolute atomic E-state index is 0. The summed E-state index contributed by atoms with van der Waals surface area (Å²) in [6.45, 7) is 8.75. The maximum absolute atomic E-state index is 6.06. The van der Waals surface area contributed by atoms with Gasteiger partial charge in [0.1, 0.15) is 5.75 Å². The van der Waals surface area contributed by atoms with E-state index in [2.05, 4.69) is 48.3 Å². The van der Waals surface area contributed by atoms with Gasteiger partial charge in [0, 0.05) is 32.8 Å². The maximum Gasteiger partial charge on any atom is 0.193 e. The zero-order valence-electron chi connectivity index (χ0n) is 18.1. The molecule has 1 N–H and O–H groups in total. The van der Waals surface area contributed by atoms with Crippen molar-refractivity contribution in [3.8, 4) is 5.75 Å². The maximum atomic E-state index is 6.06. The summed E-state index contributed by atoms with van der Waals surface area (Å²) in [6.07, 6.45) is 8.96. The van der Waals surface area contributed by atoms with Crippen molar-refractivity contribution in [2.75, 3.05) is 32.8 Å². The zero-order chi connectivity index (χ0) is 19.6. The van der Waals surface area contributed by atoms with Gasteiger partial charge in [-0.25, -0.2) is 0 Å². The summed E-state index contributed by atoms with van der Waals surface area (Å²) in [5, 5.41) is 3.45. The third-order valence-corrected chi connectivity index (χ3v) is 5.67. The number of likely N-dealkylation sites (tertiary alicyclic amines) is 1. The lowest BCUT2D eigenvalue weighted by atomic mass is 10.1. The molecule has 2 aliphatic rings. The summed E-state index contributed by atoms with van der Waals surface area (Å²) in [6, 6.07) is 8.59. The number of nitrogens with one attached hydrogen (secondary N) is 1. The Bertz CT molecular complexity index is 595. The molecule has 1 saturated carbocycles. The molecule has 0 radical (unpaired) electrons. The smallest absolute Gasteiger partial charge is 0.193 e. The molecule has 1 heterocycles. The van der Waals surface area contributed by atoms with Crippen molar-refractivity contribution in [2.24, 2.45) is 4.99 Å². The van der Waals surface area contributed by atoms with Crippen LogP contribution in [0.25, 0.3) is 0 Å². The highest BCUT2D eigenvalue weighted by Gasteiger charge is 2.21. The van der Waals surface area contributed by atoms with Gasteiger partial charge in [0.2, 0.25) is 0 Å². The van der Waals surface area contributed by atoms with E-state index in [0.717, 1.165) is 63.8 Å². The monoisotopic (exact) mass is 515 g/mol.